The zero-order valence-electron chi connectivity index (χ0n) is 11.6. The average Bonchev–Trinajstić information content (AvgIpc) is 2.62. The first kappa shape index (κ1) is 13.5. The van der Waals surface area contributed by atoms with E-state index in [1.807, 2.05) is 12.3 Å². The summed E-state index contributed by atoms with van der Waals surface area (Å²) in [6, 6.07) is 6.77. The highest BCUT2D eigenvalue weighted by Crippen LogP contribution is 2.33. The Labute approximate surface area is 111 Å². The summed E-state index contributed by atoms with van der Waals surface area (Å²) in [6.07, 6.45) is 5.88. The second-order valence-electron chi connectivity index (χ2n) is 5.14. The number of pyridine rings is 1. The lowest BCUT2D eigenvalue weighted by Gasteiger charge is -2.34. The molecule has 1 saturated heterocycles. The fraction of sp³-hybridized carbons (Fsp3) is 0.667. The fourth-order valence-electron chi connectivity index (χ4n) is 3.13. The van der Waals surface area contributed by atoms with Crippen LogP contribution < -0.4 is 5.32 Å². The maximum absolute atomic E-state index is 4.61. The van der Waals surface area contributed by atoms with Gasteiger partial charge in [0.25, 0.3) is 0 Å². The molecular formula is C15H25N3. The standard InChI is InChI=1S/C15H25N3/c1-3-18-11-7-5-8-13(12-16-2)15(18)14-9-4-6-10-17-14/h4,6,9-10,13,15-16H,3,5,7-8,11-12H2,1-2H3. The van der Waals surface area contributed by atoms with Crippen molar-refractivity contribution in [1.29, 1.82) is 0 Å². The summed E-state index contributed by atoms with van der Waals surface area (Å²) in [5, 5.41) is 3.36. The molecule has 0 radical (unpaired) electrons. The van der Waals surface area contributed by atoms with Crippen molar-refractivity contribution in [2.24, 2.45) is 5.92 Å². The van der Waals surface area contributed by atoms with Gasteiger partial charge in [-0.3, -0.25) is 9.88 Å². The lowest BCUT2D eigenvalue weighted by molar-refractivity contribution is 0.158. The minimum atomic E-state index is 0.478. The third-order valence-corrected chi connectivity index (χ3v) is 3.97. The van der Waals surface area contributed by atoms with Crippen LogP contribution in [-0.4, -0.2) is 36.6 Å². The summed E-state index contributed by atoms with van der Waals surface area (Å²) in [7, 11) is 2.05. The number of hydrogen-bond donors (Lipinski definition) is 1. The number of likely N-dealkylation sites (tertiary alicyclic amines) is 1. The van der Waals surface area contributed by atoms with E-state index >= 15 is 0 Å². The van der Waals surface area contributed by atoms with Gasteiger partial charge in [0.05, 0.1) is 11.7 Å². The fourth-order valence-corrected chi connectivity index (χ4v) is 3.13. The van der Waals surface area contributed by atoms with Gasteiger partial charge < -0.3 is 5.32 Å². The summed E-state index contributed by atoms with van der Waals surface area (Å²) in [4.78, 5) is 7.20. The van der Waals surface area contributed by atoms with Gasteiger partial charge in [0.2, 0.25) is 0 Å². The quantitative estimate of drug-likeness (QED) is 0.886. The second-order valence-corrected chi connectivity index (χ2v) is 5.14. The van der Waals surface area contributed by atoms with E-state index in [0.717, 1.165) is 13.1 Å². The summed E-state index contributed by atoms with van der Waals surface area (Å²) in [6.45, 7) is 5.66. The smallest absolute Gasteiger partial charge is 0.0578 e. The molecule has 2 rings (SSSR count). The van der Waals surface area contributed by atoms with E-state index in [4.69, 9.17) is 0 Å². The predicted molar refractivity (Wildman–Crippen MR) is 75.5 cm³/mol. The first-order valence-corrected chi connectivity index (χ1v) is 7.16. The van der Waals surface area contributed by atoms with E-state index in [1.165, 1.54) is 31.5 Å². The molecule has 2 unspecified atom stereocenters. The van der Waals surface area contributed by atoms with Gasteiger partial charge in [-0.15, -0.1) is 0 Å². The van der Waals surface area contributed by atoms with Gasteiger partial charge >= 0.3 is 0 Å². The van der Waals surface area contributed by atoms with Gasteiger partial charge in [0.1, 0.15) is 0 Å². The van der Waals surface area contributed by atoms with Crippen LogP contribution in [0.15, 0.2) is 24.4 Å². The molecule has 0 spiro atoms. The highest BCUT2D eigenvalue weighted by Gasteiger charge is 2.30. The molecule has 2 heterocycles. The summed E-state index contributed by atoms with van der Waals surface area (Å²) < 4.78 is 0. The zero-order chi connectivity index (χ0) is 12.8. The van der Waals surface area contributed by atoms with Crippen molar-refractivity contribution in [3.05, 3.63) is 30.1 Å². The third-order valence-electron chi connectivity index (χ3n) is 3.97. The minimum absolute atomic E-state index is 0.478. The van der Waals surface area contributed by atoms with E-state index in [0.29, 0.717) is 12.0 Å². The van der Waals surface area contributed by atoms with Crippen molar-refractivity contribution >= 4 is 0 Å². The predicted octanol–water partition coefficient (Wildman–Crippen LogP) is 2.46. The Morgan fingerprint density at radius 2 is 2.28 bits per heavy atom. The molecule has 1 aliphatic rings. The molecule has 0 amide bonds. The lowest BCUT2D eigenvalue weighted by atomic mass is 9.91. The van der Waals surface area contributed by atoms with Crippen LogP contribution in [0.2, 0.25) is 0 Å². The molecule has 18 heavy (non-hydrogen) atoms. The van der Waals surface area contributed by atoms with Gasteiger partial charge in [0, 0.05) is 6.20 Å². The van der Waals surface area contributed by atoms with E-state index in [1.54, 1.807) is 0 Å². The zero-order valence-corrected chi connectivity index (χ0v) is 11.6. The molecule has 3 nitrogen and oxygen atoms in total. The van der Waals surface area contributed by atoms with E-state index < -0.39 is 0 Å². The van der Waals surface area contributed by atoms with Crippen molar-refractivity contribution in [1.82, 2.24) is 15.2 Å². The maximum Gasteiger partial charge on any atom is 0.0578 e. The number of nitrogens with one attached hydrogen (secondary N) is 1. The molecule has 1 fully saturated rings. The van der Waals surface area contributed by atoms with Gasteiger partial charge in [-0.1, -0.05) is 19.4 Å². The summed E-state index contributed by atoms with van der Waals surface area (Å²) in [5.74, 6) is 0.673. The number of aromatic nitrogens is 1. The van der Waals surface area contributed by atoms with E-state index in [-0.39, 0.29) is 0 Å². The van der Waals surface area contributed by atoms with Crippen LogP contribution in [0.1, 0.15) is 37.9 Å². The minimum Gasteiger partial charge on any atom is -0.319 e. The van der Waals surface area contributed by atoms with Gasteiger partial charge in [-0.2, -0.15) is 0 Å². The van der Waals surface area contributed by atoms with Crippen LogP contribution in [0.3, 0.4) is 0 Å². The molecule has 0 aliphatic carbocycles. The molecule has 0 saturated carbocycles. The van der Waals surface area contributed by atoms with Crippen molar-refractivity contribution in [2.75, 3.05) is 26.7 Å². The van der Waals surface area contributed by atoms with E-state index in [9.17, 15) is 0 Å². The Kier molecular flexibility index (Phi) is 5.14. The average molecular weight is 247 g/mol. The molecule has 1 aromatic heterocycles. The molecule has 1 aliphatic heterocycles. The Bertz CT molecular complexity index is 339. The Morgan fingerprint density at radius 3 is 2.94 bits per heavy atom. The largest absolute Gasteiger partial charge is 0.319 e. The highest BCUT2D eigenvalue weighted by molar-refractivity contribution is 5.11. The monoisotopic (exact) mass is 247 g/mol. The summed E-state index contributed by atoms with van der Waals surface area (Å²) >= 11 is 0. The Balaban J connectivity index is 2.26. The van der Waals surface area contributed by atoms with E-state index in [2.05, 4.69) is 41.3 Å². The summed E-state index contributed by atoms with van der Waals surface area (Å²) in [5.41, 5.74) is 1.24. The molecule has 0 aromatic carbocycles. The molecule has 3 heteroatoms. The Hall–Kier alpha value is -0.930. The number of rotatable bonds is 4. The second kappa shape index (κ2) is 6.86. The van der Waals surface area contributed by atoms with Gasteiger partial charge in [-0.25, -0.2) is 0 Å². The SMILES string of the molecule is CCN1CCCCC(CNC)C1c1ccccn1. The number of nitrogens with zero attached hydrogens (tertiary/aromatic N) is 2. The van der Waals surface area contributed by atoms with Crippen molar-refractivity contribution in [2.45, 2.75) is 32.2 Å². The topological polar surface area (TPSA) is 28.2 Å². The highest BCUT2D eigenvalue weighted by atomic mass is 15.2. The van der Waals surface area contributed by atoms with Gasteiger partial charge in [0.15, 0.2) is 0 Å². The first-order valence-electron chi connectivity index (χ1n) is 7.16. The lowest BCUT2D eigenvalue weighted by Crippen LogP contribution is -2.36. The molecule has 0 bridgehead atoms. The van der Waals surface area contributed by atoms with Crippen LogP contribution in [0.4, 0.5) is 0 Å². The van der Waals surface area contributed by atoms with Crippen LogP contribution >= 0.6 is 0 Å². The normalized spacial score (nSPS) is 25.9. The van der Waals surface area contributed by atoms with Crippen LogP contribution in [-0.2, 0) is 0 Å². The van der Waals surface area contributed by atoms with Crippen molar-refractivity contribution < 1.29 is 0 Å². The maximum atomic E-state index is 4.61. The van der Waals surface area contributed by atoms with Crippen LogP contribution in [0, 0.1) is 5.92 Å². The van der Waals surface area contributed by atoms with Crippen LogP contribution in [0.5, 0.6) is 0 Å². The number of hydrogen-bond acceptors (Lipinski definition) is 3. The van der Waals surface area contributed by atoms with Gasteiger partial charge in [-0.05, 0) is 57.6 Å². The molecule has 1 aromatic rings. The Morgan fingerprint density at radius 1 is 1.39 bits per heavy atom. The van der Waals surface area contributed by atoms with Crippen LogP contribution in [0.25, 0.3) is 0 Å². The molecule has 2 atom stereocenters. The molecular weight excluding hydrogens is 222 g/mol. The molecule has 100 valence electrons. The third kappa shape index (κ3) is 3.09. The first-order chi connectivity index (χ1) is 8.86. The van der Waals surface area contributed by atoms with Crippen molar-refractivity contribution in [3.63, 3.8) is 0 Å². The van der Waals surface area contributed by atoms with Crippen molar-refractivity contribution in [3.8, 4) is 0 Å². The molecule has 1 N–H and O–H groups in total.